The number of anilines is 1. The van der Waals surface area contributed by atoms with Gasteiger partial charge in [-0.25, -0.2) is 4.79 Å². The van der Waals surface area contributed by atoms with Crippen LogP contribution in [0.2, 0.25) is 0 Å². The molecule has 1 aromatic rings. The summed E-state index contributed by atoms with van der Waals surface area (Å²) in [5, 5.41) is 10.7. The van der Waals surface area contributed by atoms with Gasteiger partial charge in [-0.05, 0) is 24.2 Å². The standard InChI is InChI=1S/C17H22N2O4S/c1-2-19-8-6-17(7-9-19)15(20)14(16(21)23-17)11-12-4-3-5-13(10-12)18-24-22/h3-5,10,18,20,22H,2,6-9,11H2,1H3. The highest BCUT2D eigenvalue weighted by molar-refractivity contribution is 7.95. The lowest BCUT2D eigenvalue weighted by molar-refractivity contribution is -0.152. The fraction of sp³-hybridized carbons (Fsp3) is 0.471. The van der Waals surface area contributed by atoms with Crippen LogP contribution in [-0.2, 0) is 16.0 Å². The molecule has 7 heteroatoms. The quantitative estimate of drug-likeness (QED) is 0.428. The zero-order valence-electron chi connectivity index (χ0n) is 13.6. The summed E-state index contributed by atoms with van der Waals surface area (Å²) in [5.74, 6) is -0.328. The number of nitrogens with zero attached hydrogens (tertiary/aromatic N) is 1. The predicted molar refractivity (Wildman–Crippen MR) is 93.8 cm³/mol. The third-order valence-corrected chi connectivity index (χ3v) is 5.16. The van der Waals surface area contributed by atoms with E-state index < -0.39 is 11.6 Å². The maximum Gasteiger partial charge on any atom is 0.338 e. The van der Waals surface area contributed by atoms with Gasteiger partial charge >= 0.3 is 5.97 Å². The van der Waals surface area contributed by atoms with Crippen molar-refractivity contribution in [3.8, 4) is 0 Å². The summed E-state index contributed by atoms with van der Waals surface area (Å²) in [6.45, 7) is 4.69. The number of benzene rings is 1. The molecule has 0 aliphatic carbocycles. The summed E-state index contributed by atoms with van der Waals surface area (Å²) in [6, 6.07) is 7.37. The first-order valence-corrected chi connectivity index (χ1v) is 8.89. The summed E-state index contributed by atoms with van der Waals surface area (Å²) in [6.07, 6.45) is 1.57. The van der Waals surface area contributed by atoms with Gasteiger partial charge in [-0.2, -0.15) is 0 Å². The number of carbonyl (C=O) groups excluding carboxylic acids is 1. The Morgan fingerprint density at radius 2 is 2.12 bits per heavy atom. The van der Waals surface area contributed by atoms with E-state index in [1.165, 1.54) is 0 Å². The van der Waals surface area contributed by atoms with Crippen LogP contribution >= 0.6 is 12.2 Å². The van der Waals surface area contributed by atoms with Crippen LogP contribution in [-0.4, -0.2) is 45.8 Å². The molecule has 0 aromatic heterocycles. The molecule has 6 nitrogen and oxygen atoms in total. The summed E-state index contributed by atoms with van der Waals surface area (Å²) in [4.78, 5) is 14.6. The van der Waals surface area contributed by atoms with E-state index in [0.717, 1.165) is 30.9 Å². The first-order valence-electron chi connectivity index (χ1n) is 8.11. The lowest BCUT2D eigenvalue weighted by atomic mass is 9.88. The molecule has 3 rings (SSSR count). The van der Waals surface area contributed by atoms with Crippen molar-refractivity contribution in [2.24, 2.45) is 0 Å². The molecule has 0 bridgehead atoms. The van der Waals surface area contributed by atoms with Crippen LogP contribution in [0.4, 0.5) is 5.69 Å². The molecule has 0 saturated carbocycles. The van der Waals surface area contributed by atoms with Gasteiger partial charge in [0.1, 0.15) is 18.0 Å². The molecule has 2 aliphatic rings. The third kappa shape index (κ3) is 3.24. The molecule has 2 heterocycles. The number of esters is 1. The van der Waals surface area contributed by atoms with Crippen molar-refractivity contribution in [3.05, 3.63) is 41.2 Å². The molecule has 0 unspecified atom stereocenters. The molecular formula is C17H22N2O4S. The lowest BCUT2D eigenvalue weighted by Crippen LogP contribution is -2.45. The summed E-state index contributed by atoms with van der Waals surface area (Å²) < 4.78 is 17.2. The maximum atomic E-state index is 12.3. The van der Waals surface area contributed by atoms with E-state index in [2.05, 4.69) is 16.5 Å². The number of likely N-dealkylation sites (tertiary alicyclic amines) is 1. The highest BCUT2D eigenvalue weighted by atomic mass is 32.2. The van der Waals surface area contributed by atoms with Crippen molar-refractivity contribution < 1.29 is 19.2 Å². The fourth-order valence-electron chi connectivity index (χ4n) is 3.39. The highest BCUT2D eigenvalue weighted by Crippen LogP contribution is 2.40. The van der Waals surface area contributed by atoms with Gasteiger partial charge in [-0.3, -0.25) is 0 Å². The van der Waals surface area contributed by atoms with E-state index in [1.54, 1.807) is 0 Å². The van der Waals surface area contributed by atoms with Gasteiger partial charge in [0.15, 0.2) is 5.60 Å². The van der Waals surface area contributed by atoms with Crippen LogP contribution in [0.3, 0.4) is 0 Å². The SMILES string of the molecule is CCN1CCC2(CC1)OC(=O)C(Cc1cccc(NSO)c1)=C2O. The number of aliphatic hydroxyl groups is 1. The first-order chi connectivity index (χ1) is 11.6. The molecule has 1 fully saturated rings. The Morgan fingerprint density at radius 1 is 1.38 bits per heavy atom. The van der Waals surface area contributed by atoms with Crippen LogP contribution in [0.1, 0.15) is 25.3 Å². The zero-order valence-corrected chi connectivity index (χ0v) is 14.4. The number of hydrogen-bond donors (Lipinski definition) is 3. The summed E-state index contributed by atoms with van der Waals surface area (Å²) in [7, 11) is 0. The van der Waals surface area contributed by atoms with Crippen molar-refractivity contribution in [1.29, 1.82) is 0 Å². The van der Waals surface area contributed by atoms with E-state index in [9.17, 15) is 9.90 Å². The number of rotatable bonds is 5. The monoisotopic (exact) mass is 350 g/mol. The molecule has 1 saturated heterocycles. The molecule has 0 atom stereocenters. The van der Waals surface area contributed by atoms with Gasteiger partial charge in [-0.1, -0.05) is 19.1 Å². The van der Waals surface area contributed by atoms with E-state index >= 15 is 0 Å². The Balaban J connectivity index is 1.79. The van der Waals surface area contributed by atoms with Crippen molar-refractivity contribution in [1.82, 2.24) is 4.90 Å². The van der Waals surface area contributed by atoms with Crippen molar-refractivity contribution in [3.63, 3.8) is 0 Å². The van der Waals surface area contributed by atoms with Gasteiger partial charge in [-0.15, -0.1) is 0 Å². The van der Waals surface area contributed by atoms with E-state index in [-0.39, 0.29) is 5.76 Å². The van der Waals surface area contributed by atoms with Gasteiger partial charge < -0.3 is 24.0 Å². The van der Waals surface area contributed by atoms with Crippen LogP contribution in [0.25, 0.3) is 0 Å². The van der Waals surface area contributed by atoms with E-state index in [1.807, 2.05) is 24.3 Å². The third-order valence-electron chi connectivity index (χ3n) is 4.83. The van der Waals surface area contributed by atoms with Crippen molar-refractivity contribution >= 4 is 23.9 Å². The van der Waals surface area contributed by atoms with E-state index in [4.69, 9.17) is 9.29 Å². The summed E-state index contributed by atoms with van der Waals surface area (Å²) >= 11 is 0.519. The second-order valence-corrected chi connectivity index (χ2v) is 6.60. The number of carbonyl (C=O) groups is 1. The van der Waals surface area contributed by atoms with Gasteiger partial charge in [0.05, 0.1) is 5.57 Å². The largest absolute Gasteiger partial charge is 0.507 e. The second kappa shape index (κ2) is 7.04. The molecule has 130 valence electrons. The Hall–Kier alpha value is -1.70. The van der Waals surface area contributed by atoms with Crippen LogP contribution < -0.4 is 4.72 Å². The van der Waals surface area contributed by atoms with Gasteiger partial charge in [0.25, 0.3) is 0 Å². The van der Waals surface area contributed by atoms with Crippen molar-refractivity contribution in [2.75, 3.05) is 24.4 Å². The number of hydrogen-bond acceptors (Lipinski definition) is 7. The fourth-order valence-corrected chi connectivity index (χ4v) is 3.62. The Labute approximate surface area is 145 Å². The zero-order chi connectivity index (χ0) is 17.2. The van der Waals surface area contributed by atoms with Crippen LogP contribution in [0.5, 0.6) is 0 Å². The van der Waals surface area contributed by atoms with Crippen molar-refractivity contribution in [2.45, 2.75) is 31.8 Å². The first kappa shape index (κ1) is 17.1. The summed E-state index contributed by atoms with van der Waals surface area (Å²) in [5.41, 5.74) is 1.11. The number of ether oxygens (including phenoxy) is 1. The lowest BCUT2D eigenvalue weighted by Gasteiger charge is -2.37. The highest BCUT2D eigenvalue weighted by Gasteiger charge is 2.49. The maximum absolute atomic E-state index is 12.3. The molecule has 24 heavy (non-hydrogen) atoms. The molecular weight excluding hydrogens is 328 g/mol. The molecule has 2 aliphatic heterocycles. The smallest absolute Gasteiger partial charge is 0.338 e. The molecule has 1 spiro atoms. The predicted octanol–water partition coefficient (Wildman–Crippen LogP) is 2.99. The average molecular weight is 350 g/mol. The Bertz CT molecular complexity index is 654. The topological polar surface area (TPSA) is 82.0 Å². The molecule has 1 aromatic carbocycles. The number of piperidine rings is 1. The Kier molecular flexibility index (Phi) is 5.03. The average Bonchev–Trinajstić information content (AvgIpc) is 2.81. The van der Waals surface area contributed by atoms with Gasteiger partial charge in [0.2, 0.25) is 0 Å². The normalized spacial score (nSPS) is 20.5. The minimum atomic E-state index is -0.838. The minimum absolute atomic E-state index is 0.0955. The Morgan fingerprint density at radius 3 is 2.79 bits per heavy atom. The molecule has 0 radical (unpaired) electrons. The molecule has 3 N–H and O–H groups in total. The second-order valence-electron chi connectivity index (χ2n) is 6.22. The van der Waals surface area contributed by atoms with Crippen LogP contribution in [0, 0.1) is 0 Å². The van der Waals surface area contributed by atoms with E-state index in [0.29, 0.717) is 37.1 Å². The van der Waals surface area contributed by atoms with Gasteiger partial charge in [0, 0.05) is 38.0 Å². The number of aliphatic hydroxyl groups excluding tert-OH is 1. The minimum Gasteiger partial charge on any atom is -0.507 e. The molecule has 0 amide bonds. The van der Waals surface area contributed by atoms with Crippen LogP contribution in [0.15, 0.2) is 35.6 Å². The number of nitrogens with one attached hydrogen (secondary N) is 1.